The minimum absolute atomic E-state index is 0.183. The lowest BCUT2D eigenvalue weighted by atomic mass is 9.88. The van der Waals surface area contributed by atoms with Crippen molar-refractivity contribution in [3.8, 4) is 5.75 Å². The standard InChI is InChI=1S/C14H16FNO5/c1-8-4-2-3-5-12(8)21-13-6-9(14(17)18)10(15)7-11(13)16(19)20/h6-8,12H,2-5H2,1H3,(H,17,18). The van der Waals surface area contributed by atoms with E-state index in [1.54, 1.807) is 0 Å². The van der Waals surface area contributed by atoms with Gasteiger partial charge >= 0.3 is 11.7 Å². The van der Waals surface area contributed by atoms with Gasteiger partial charge in [-0.1, -0.05) is 13.3 Å². The number of carbonyl (C=O) groups is 1. The molecule has 0 spiro atoms. The number of hydrogen-bond donors (Lipinski definition) is 1. The lowest BCUT2D eigenvalue weighted by Gasteiger charge is -2.29. The third kappa shape index (κ3) is 3.29. The summed E-state index contributed by atoms with van der Waals surface area (Å²) in [6.07, 6.45) is 3.51. The average molecular weight is 297 g/mol. The number of rotatable bonds is 4. The van der Waals surface area contributed by atoms with Crippen LogP contribution >= 0.6 is 0 Å². The van der Waals surface area contributed by atoms with E-state index in [1.807, 2.05) is 6.92 Å². The third-order valence-corrected chi connectivity index (χ3v) is 3.79. The van der Waals surface area contributed by atoms with E-state index in [-0.39, 0.29) is 17.8 Å². The fourth-order valence-corrected chi connectivity index (χ4v) is 2.56. The molecule has 1 N–H and O–H groups in total. The van der Waals surface area contributed by atoms with Gasteiger partial charge in [-0.3, -0.25) is 10.1 Å². The van der Waals surface area contributed by atoms with Crippen molar-refractivity contribution >= 4 is 11.7 Å². The first-order valence-corrected chi connectivity index (χ1v) is 6.78. The second-order valence-electron chi connectivity index (χ2n) is 5.28. The summed E-state index contributed by atoms with van der Waals surface area (Å²) in [6, 6.07) is 1.50. The Kier molecular flexibility index (Phi) is 4.40. The van der Waals surface area contributed by atoms with Gasteiger partial charge in [0.25, 0.3) is 0 Å². The van der Waals surface area contributed by atoms with Gasteiger partial charge in [-0.25, -0.2) is 9.18 Å². The van der Waals surface area contributed by atoms with E-state index in [0.29, 0.717) is 6.07 Å². The largest absolute Gasteiger partial charge is 0.483 e. The molecule has 1 aliphatic rings. The van der Waals surface area contributed by atoms with E-state index < -0.39 is 28.0 Å². The monoisotopic (exact) mass is 297 g/mol. The number of nitrogens with zero attached hydrogens (tertiary/aromatic N) is 1. The predicted molar refractivity (Wildman–Crippen MR) is 72.1 cm³/mol. The maximum Gasteiger partial charge on any atom is 0.338 e. The SMILES string of the molecule is CC1CCCCC1Oc1cc(C(=O)O)c(F)cc1[N+](=O)[O-]. The van der Waals surface area contributed by atoms with Crippen molar-refractivity contribution in [3.05, 3.63) is 33.6 Å². The zero-order chi connectivity index (χ0) is 15.6. The van der Waals surface area contributed by atoms with Gasteiger partial charge in [0.1, 0.15) is 11.9 Å². The number of carboxylic acid groups (broad SMARTS) is 1. The number of benzene rings is 1. The summed E-state index contributed by atoms with van der Waals surface area (Å²) < 4.78 is 19.2. The zero-order valence-electron chi connectivity index (χ0n) is 11.5. The Morgan fingerprint density at radius 2 is 2.10 bits per heavy atom. The van der Waals surface area contributed by atoms with E-state index in [1.165, 1.54) is 0 Å². The molecule has 0 heterocycles. The molecule has 0 saturated heterocycles. The smallest absolute Gasteiger partial charge is 0.338 e. The van der Waals surface area contributed by atoms with E-state index in [4.69, 9.17) is 9.84 Å². The normalized spacial score (nSPS) is 21.8. The van der Waals surface area contributed by atoms with Gasteiger partial charge in [0, 0.05) is 6.07 Å². The summed E-state index contributed by atoms with van der Waals surface area (Å²) in [4.78, 5) is 21.2. The van der Waals surface area contributed by atoms with Gasteiger partial charge in [0.15, 0.2) is 5.75 Å². The van der Waals surface area contributed by atoms with Crippen molar-refractivity contribution in [1.82, 2.24) is 0 Å². The number of nitro groups is 1. The quantitative estimate of drug-likeness (QED) is 0.679. The topological polar surface area (TPSA) is 89.7 Å². The fraction of sp³-hybridized carbons (Fsp3) is 0.500. The van der Waals surface area contributed by atoms with E-state index >= 15 is 0 Å². The molecular weight excluding hydrogens is 281 g/mol. The van der Waals surface area contributed by atoms with Crippen molar-refractivity contribution < 1.29 is 24.0 Å². The number of aromatic carboxylic acids is 1. The molecule has 1 fully saturated rings. The number of halogens is 1. The number of hydrogen-bond acceptors (Lipinski definition) is 4. The van der Waals surface area contributed by atoms with Crippen LogP contribution in [0.2, 0.25) is 0 Å². The predicted octanol–water partition coefficient (Wildman–Crippen LogP) is 3.39. The second kappa shape index (κ2) is 6.07. The summed E-state index contributed by atoms with van der Waals surface area (Å²) >= 11 is 0. The molecule has 6 nitrogen and oxygen atoms in total. The molecule has 1 saturated carbocycles. The van der Waals surface area contributed by atoms with E-state index in [9.17, 15) is 19.3 Å². The summed E-state index contributed by atoms with van der Waals surface area (Å²) in [5.74, 6) is -2.59. The fourth-order valence-electron chi connectivity index (χ4n) is 2.56. The van der Waals surface area contributed by atoms with Crippen LogP contribution in [0.1, 0.15) is 43.0 Å². The Labute approximate surface area is 120 Å². The molecule has 0 amide bonds. The highest BCUT2D eigenvalue weighted by Crippen LogP contribution is 2.34. The van der Waals surface area contributed by atoms with Crippen LogP contribution in [0.5, 0.6) is 5.75 Å². The highest BCUT2D eigenvalue weighted by molar-refractivity contribution is 5.89. The molecule has 2 atom stereocenters. The minimum Gasteiger partial charge on any atom is -0.483 e. The molecule has 0 aromatic heterocycles. The van der Waals surface area contributed by atoms with Gasteiger partial charge in [0.2, 0.25) is 0 Å². The Hall–Kier alpha value is -2.18. The molecule has 2 unspecified atom stereocenters. The molecule has 1 aliphatic carbocycles. The summed E-state index contributed by atoms with van der Waals surface area (Å²) in [5.41, 5.74) is -1.17. The van der Waals surface area contributed by atoms with Crippen LogP contribution in [-0.2, 0) is 0 Å². The van der Waals surface area contributed by atoms with Gasteiger partial charge in [-0.15, -0.1) is 0 Å². The Balaban J connectivity index is 2.37. The summed E-state index contributed by atoms with van der Waals surface area (Å²) in [7, 11) is 0. The van der Waals surface area contributed by atoms with Crippen molar-refractivity contribution in [2.75, 3.05) is 0 Å². The Morgan fingerprint density at radius 3 is 2.67 bits per heavy atom. The average Bonchev–Trinajstić information content (AvgIpc) is 2.42. The first-order chi connectivity index (χ1) is 9.90. The van der Waals surface area contributed by atoms with E-state index in [2.05, 4.69) is 0 Å². The zero-order valence-corrected chi connectivity index (χ0v) is 11.5. The summed E-state index contributed by atoms with van der Waals surface area (Å²) in [6.45, 7) is 1.98. The molecule has 1 aromatic rings. The van der Waals surface area contributed by atoms with Crippen molar-refractivity contribution in [2.45, 2.75) is 38.7 Å². The van der Waals surface area contributed by atoms with Crippen LogP contribution in [0.25, 0.3) is 0 Å². The second-order valence-corrected chi connectivity index (χ2v) is 5.28. The molecule has 114 valence electrons. The number of nitro benzene ring substituents is 1. The number of carboxylic acids is 1. The molecule has 0 aliphatic heterocycles. The van der Waals surface area contributed by atoms with Crippen molar-refractivity contribution in [3.63, 3.8) is 0 Å². The minimum atomic E-state index is -1.48. The third-order valence-electron chi connectivity index (χ3n) is 3.79. The van der Waals surface area contributed by atoms with Crippen LogP contribution in [0, 0.1) is 21.8 Å². The molecule has 1 aromatic carbocycles. The lowest BCUT2D eigenvalue weighted by molar-refractivity contribution is -0.386. The maximum atomic E-state index is 13.6. The van der Waals surface area contributed by atoms with Crippen LogP contribution in [0.15, 0.2) is 12.1 Å². The van der Waals surface area contributed by atoms with Crippen LogP contribution < -0.4 is 4.74 Å². The van der Waals surface area contributed by atoms with Crippen LogP contribution in [0.3, 0.4) is 0 Å². The Bertz CT molecular complexity index is 575. The van der Waals surface area contributed by atoms with Gasteiger partial charge in [0.05, 0.1) is 16.6 Å². The van der Waals surface area contributed by atoms with Gasteiger partial charge < -0.3 is 9.84 Å². The summed E-state index contributed by atoms with van der Waals surface area (Å²) in [5, 5.41) is 19.9. The highest BCUT2D eigenvalue weighted by Gasteiger charge is 2.28. The first-order valence-electron chi connectivity index (χ1n) is 6.78. The number of ether oxygens (including phenoxy) is 1. The lowest BCUT2D eigenvalue weighted by Crippen LogP contribution is -2.28. The first kappa shape index (κ1) is 15.2. The molecule has 0 radical (unpaired) electrons. The Morgan fingerprint density at radius 1 is 1.43 bits per heavy atom. The van der Waals surface area contributed by atoms with Gasteiger partial charge in [-0.2, -0.15) is 0 Å². The van der Waals surface area contributed by atoms with E-state index in [0.717, 1.165) is 31.7 Å². The molecule has 2 rings (SSSR count). The van der Waals surface area contributed by atoms with Crippen molar-refractivity contribution in [1.29, 1.82) is 0 Å². The highest BCUT2D eigenvalue weighted by atomic mass is 19.1. The molecule has 7 heteroatoms. The van der Waals surface area contributed by atoms with Crippen LogP contribution in [-0.4, -0.2) is 22.1 Å². The van der Waals surface area contributed by atoms with Crippen LogP contribution in [0.4, 0.5) is 10.1 Å². The molecule has 21 heavy (non-hydrogen) atoms. The van der Waals surface area contributed by atoms with Gasteiger partial charge in [-0.05, 0) is 25.2 Å². The van der Waals surface area contributed by atoms with Crippen molar-refractivity contribution in [2.24, 2.45) is 5.92 Å². The maximum absolute atomic E-state index is 13.6. The molecular formula is C14H16FNO5. The molecule has 0 bridgehead atoms.